The first-order valence-electron chi connectivity index (χ1n) is 6.25. The second-order valence-corrected chi connectivity index (χ2v) is 4.66. The van der Waals surface area contributed by atoms with E-state index < -0.39 is 0 Å². The van der Waals surface area contributed by atoms with Gasteiger partial charge >= 0.3 is 0 Å². The zero-order chi connectivity index (χ0) is 13.7. The molecule has 2 aromatic rings. The van der Waals surface area contributed by atoms with Crippen molar-refractivity contribution in [3.63, 3.8) is 0 Å². The Labute approximate surface area is 117 Å². The number of imidazole rings is 1. The average Bonchev–Trinajstić information content (AvgIpc) is 2.80. The highest BCUT2D eigenvalue weighted by molar-refractivity contribution is 6.33. The van der Waals surface area contributed by atoms with E-state index in [1.165, 1.54) is 0 Å². The van der Waals surface area contributed by atoms with E-state index in [2.05, 4.69) is 17.2 Å². The summed E-state index contributed by atoms with van der Waals surface area (Å²) in [6, 6.07) is 7.19. The number of hydrogen-bond donors (Lipinski definition) is 1. The van der Waals surface area contributed by atoms with Gasteiger partial charge in [-0.05, 0) is 18.6 Å². The molecule has 2 rings (SSSR count). The van der Waals surface area contributed by atoms with E-state index in [9.17, 15) is 4.79 Å². The molecule has 0 radical (unpaired) electrons. The number of rotatable bonds is 5. The van der Waals surface area contributed by atoms with Gasteiger partial charge in [-0.1, -0.05) is 30.7 Å². The van der Waals surface area contributed by atoms with Gasteiger partial charge < -0.3 is 9.88 Å². The van der Waals surface area contributed by atoms with Crippen LogP contribution in [0.25, 0.3) is 0 Å². The monoisotopic (exact) mass is 277 g/mol. The molecule has 1 aromatic carbocycles. The zero-order valence-electron chi connectivity index (χ0n) is 10.8. The van der Waals surface area contributed by atoms with Crippen LogP contribution in [0.2, 0.25) is 5.02 Å². The summed E-state index contributed by atoms with van der Waals surface area (Å²) in [7, 11) is 0. The lowest BCUT2D eigenvalue weighted by Crippen LogP contribution is -2.20. The number of amides is 1. The molecule has 0 aliphatic carbocycles. The normalized spacial score (nSPS) is 10.4. The molecule has 19 heavy (non-hydrogen) atoms. The van der Waals surface area contributed by atoms with Crippen molar-refractivity contribution in [3.05, 3.63) is 47.5 Å². The van der Waals surface area contributed by atoms with Crippen LogP contribution in [0.3, 0.4) is 0 Å². The molecule has 1 amide bonds. The highest BCUT2D eigenvalue weighted by Gasteiger charge is 2.08. The van der Waals surface area contributed by atoms with E-state index in [0.29, 0.717) is 10.7 Å². The van der Waals surface area contributed by atoms with E-state index in [0.717, 1.165) is 18.7 Å². The van der Waals surface area contributed by atoms with Gasteiger partial charge in [0, 0.05) is 18.8 Å². The summed E-state index contributed by atoms with van der Waals surface area (Å²) in [5.41, 5.74) is 0.631. The molecule has 0 unspecified atom stereocenters. The molecule has 4 nitrogen and oxygen atoms in total. The van der Waals surface area contributed by atoms with Gasteiger partial charge in [-0.25, -0.2) is 4.98 Å². The minimum Gasteiger partial charge on any atom is -0.326 e. The number of hydrogen-bond acceptors (Lipinski definition) is 2. The molecular formula is C14H16ClN3O. The van der Waals surface area contributed by atoms with Gasteiger partial charge in [0.05, 0.1) is 10.7 Å². The number of halogens is 1. The largest absolute Gasteiger partial charge is 0.326 e. The van der Waals surface area contributed by atoms with Crippen LogP contribution >= 0.6 is 11.6 Å². The minimum atomic E-state index is -0.108. The van der Waals surface area contributed by atoms with Crippen molar-refractivity contribution in [2.24, 2.45) is 0 Å². The molecule has 1 aromatic heterocycles. The van der Waals surface area contributed by atoms with Crippen LogP contribution in [0.1, 0.15) is 19.2 Å². The number of benzene rings is 1. The van der Waals surface area contributed by atoms with Crippen molar-refractivity contribution in [2.45, 2.75) is 26.3 Å². The summed E-state index contributed by atoms with van der Waals surface area (Å²) in [6.45, 7) is 2.34. The van der Waals surface area contributed by atoms with Crippen LogP contribution in [0.5, 0.6) is 0 Å². The first-order valence-corrected chi connectivity index (χ1v) is 6.63. The molecule has 5 heteroatoms. The highest BCUT2D eigenvalue weighted by Crippen LogP contribution is 2.20. The van der Waals surface area contributed by atoms with Gasteiger partial charge in [-0.3, -0.25) is 4.79 Å². The van der Waals surface area contributed by atoms with Crippen LogP contribution in [0.15, 0.2) is 36.7 Å². The number of carbonyl (C=O) groups is 1. The number of aryl methyl sites for hydroxylation is 1. The van der Waals surface area contributed by atoms with Crippen molar-refractivity contribution < 1.29 is 4.79 Å². The van der Waals surface area contributed by atoms with E-state index in [1.807, 2.05) is 22.9 Å². The van der Waals surface area contributed by atoms with Crippen molar-refractivity contribution in [3.8, 4) is 0 Å². The summed E-state index contributed by atoms with van der Waals surface area (Å²) in [5.74, 6) is 0.820. The smallest absolute Gasteiger partial charge is 0.244 e. The Morgan fingerprint density at radius 2 is 2.21 bits per heavy atom. The highest BCUT2D eigenvalue weighted by atomic mass is 35.5. The number of aromatic nitrogens is 2. The standard InChI is InChI=1S/C14H16ClN3O/c1-2-5-13-16-8-9-18(13)10-14(19)17-12-7-4-3-6-11(12)15/h3-4,6-9H,2,5,10H2,1H3,(H,17,19). The maximum atomic E-state index is 12.0. The Morgan fingerprint density at radius 1 is 1.42 bits per heavy atom. The first-order chi connectivity index (χ1) is 9.20. The minimum absolute atomic E-state index is 0.108. The summed E-state index contributed by atoms with van der Waals surface area (Å²) >= 11 is 6.00. The van der Waals surface area contributed by atoms with Crippen LogP contribution in [0.4, 0.5) is 5.69 Å². The lowest BCUT2D eigenvalue weighted by molar-refractivity contribution is -0.116. The van der Waals surface area contributed by atoms with Crippen molar-refractivity contribution >= 4 is 23.2 Å². The van der Waals surface area contributed by atoms with E-state index in [1.54, 1.807) is 18.3 Å². The third-order valence-electron chi connectivity index (χ3n) is 2.74. The predicted octanol–water partition coefficient (Wildman–Crippen LogP) is 3.13. The molecule has 0 atom stereocenters. The Bertz CT molecular complexity index is 565. The molecule has 0 aliphatic rings. The predicted molar refractivity (Wildman–Crippen MR) is 76.3 cm³/mol. The van der Waals surface area contributed by atoms with Gasteiger partial charge in [0.1, 0.15) is 12.4 Å². The molecule has 1 N–H and O–H groups in total. The third-order valence-corrected chi connectivity index (χ3v) is 3.07. The molecule has 0 saturated heterocycles. The zero-order valence-corrected chi connectivity index (χ0v) is 11.5. The van der Waals surface area contributed by atoms with E-state index in [4.69, 9.17) is 11.6 Å². The van der Waals surface area contributed by atoms with Gasteiger partial charge in [0.25, 0.3) is 0 Å². The van der Waals surface area contributed by atoms with Gasteiger partial charge in [0.2, 0.25) is 5.91 Å². The Morgan fingerprint density at radius 3 is 2.95 bits per heavy atom. The SMILES string of the molecule is CCCc1nccn1CC(=O)Nc1ccccc1Cl. The maximum Gasteiger partial charge on any atom is 0.244 e. The number of nitrogens with zero attached hydrogens (tertiary/aromatic N) is 2. The van der Waals surface area contributed by atoms with Crippen LogP contribution < -0.4 is 5.32 Å². The van der Waals surface area contributed by atoms with Gasteiger partial charge in [-0.15, -0.1) is 0 Å². The molecule has 100 valence electrons. The van der Waals surface area contributed by atoms with Crippen LogP contribution in [-0.2, 0) is 17.8 Å². The molecule has 0 saturated carbocycles. The molecule has 0 bridgehead atoms. The lowest BCUT2D eigenvalue weighted by atomic mass is 10.3. The number of nitrogens with one attached hydrogen (secondary N) is 1. The third kappa shape index (κ3) is 3.58. The van der Waals surface area contributed by atoms with Crippen molar-refractivity contribution in [2.75, 3.05) is 5.32 Å². The molecule has 0 fully saturated rings. The molecular weight excluding hydrogens is 262 g/mol. The number of carbonyl (C=O) groups excluding carboxylic acids is 1. The topological polar surface area (TPSA) is 46.9 Å². The average molecular weight is 278 g/mol. The summed E-state index contributed by atoms with van der Waals surface area (Å²) < 4.78 is 1.86. The van der Waals surface area contributed by atoms with Crippen LogP contribution in [0, 0.1) is 0 Å². The van der Waals surface area contributed by atoms with Crippen molar-refractivity contribution in [1.82, 2.24) is 9.55 Å². The quantitative estimate of drug-likeness (QED) is 0.913. The second-order valence-electron chi connectivity index (χ2n) is 4.25. The fourth-order valence-corrected chi connectivity index (χ4v) is 2.03. The van der Waals surface area contributed by atoms with Gasteiger partial charge in [-0.2, -0.15) is 0 Å². The lowest BCUT2D eigenvalue weighted by Gasteiger charge is -2.09. The number of para-hydroxylation sites is 1. The molecule has 1 heterocycles. The summed E-state index contributed by atoms with van der Waals surface area (Å²) in [4.78, 5) is 16.2. The number of anilines is 1. The summed E-state index contributed by atoms with van der Waals surface area (Å²) in [6.07, 6.45) is 5.40. The first kappa shape index (κ1) is 13.6. The Kier molecular flexibility index (Phi) is 4.58. The maximum absolute atomic E-state index is 12.0. The molecule has 0 aliphatic heterocycles. The second kappa shape index (κ2) is 6.38. The fraction of sp³-hybridized carbons (Fsp3) is 0.286. The summed E-state index contributed by atoms with van der Waals surface area (Å²) in [5, 5.41) is 3.34. The molecule has 0 spiro atoms. The van der Waals surface area contributed by atoms with E-state index in [-0.39, 0.29) is 12.5 Å². The fourth-order valence-electron chi connectivity index (χ4n) is 1.84. The van der Waals surface area contributed by atoms with Crippen LogP contribution in [-0.4, -0.2) is 15.5 Å². The van der Waals surface area contributed by atoms with Crippen molar-refractivity contribution in [1.29, 1.82) is 0 Å². The Hall–Kier alpha value is -1.81. The Balaban J connectivity index is 2.02. The van der Waals surface area contributed by atoms with Gasteiger partial charge in [0.15, 0.2) is 0 Å². The van der Waals surface area contributed by atoms with E-state index >= 15 is 0 Å².